The minimum atomic E-state index is -2.42. The molecule has 5 atom stereocenters. The number of aromatic nitrogens is 1. The average Bonchev–Trinajstić information content (AvgIpc) is 2.54. The lowest BCUT2D eigenvalue weighted by Gasteiger charge is -2.51. The summed E-state index contributed by atoms with van der Waals surface area (Å²) in [6.07, 6.45) is -2.51. The Labute approximate surface area is 160 Å². The molecule has 0 bridgehead atoms. The van der Waals surface area contributed by atoms with E-state index in [4.69, 9.17) is 9.16 Å². The Morgan fingerprint density at radius 1 is 1.44 bits per heavy atom. The molecule has 1 aromatic heterocycles. The summed E-state index contributed by atoms with van der Waals surface area (Å²) in [5.74, 6) is 0. The lowest BCUT2D eigenvalue weighted by Crippen LogP contribution is -2.64. The smallest absolute Gasteiger partial charge is 0.293 e. The Balaban J connectivity index is 2.47. The van der Waals surface area contributed by atoms with Crippen LogP contribution in [0.5, 0.6) is 0 Å². The Bertz CT molecular complexity index is 707. The van der Waals surface area contributed by atoms with Gasteiger partial charge in [-0.25, -0.2) is 4.39 Å². The third-order valence-corrected chi connectivity index (χ3v) is 10.3. The largest absolute Gasteiger partial charge is 0.408 e. The fourth-order valence-electron chi connectivity index (χ4n) is 2.86. The minimum absolute atomic E-state index is 0.0914. The molecule has 27 heavy (non-hydrogen) atoms. The van der Waals surface area contributed by atoms with E-state index in [-0.39, 0.29) is 16.3 Å². The van der Waals surface area contributed by atoms with Crippen molar-refractivity contribution < 1.29 is 23.6 Å². The summed E-state index contributed by atoms with van der Waals surface area (Å²) in [4.78, 5) is 14.5. The zero-order valence-corrected chi connectivity index (χ0v) is 17.9. The monoisotopic (exact) mass is 400 g/mol. The van der Waals surface area contributed by atoms with E-state index in [0.29, 0.717) is 0 Å². The molecule has 1 saturated heterocycles. The fraction of sp³-hybridized carbons (Fsp3) is 0.722. The summed E-state index contributed by atoms with van der Waals surface area (Å²) in [5.41, 5.74) is -1.80. The summed E-state index contributed by atoms with van der Waals surface area (Å²) in [5, 5.41) is 22.1. The first-order valence-electron chi connectivity index (χ1n) is 8.98. The van der Waals surface area contributed by atoms with Crippen molar-refractivity contribution in [1.82, 2.24) is 4.98 Å². The molecule has 1 N–H and O–H groups in total. The molecule has 1 aliphatic heterocycles. The molecular weight excluding hydrogens is 371 g/mol. The van der Waals surface area contributed by atoms with Crippen molar-refractivity contribution in [2.75, 3.05) is 0 Å². The van der Waals surface area contributed by atoms with Crippen LogP contribution in [-0.2, 0) is 9.16 Å². The van der Waals surface area contributed by atoms with E-state index in [1.54, 1.807) is 6.92 Å². The summed E-state index contributed by atoms with van der Waals surface area (Å²) in [7, 11) is -2.42. The minimum Gasteiger partial charge on any atom is -0.408 e. The number of hydrogen-bond acceptors (Lipinski definition) is 6. The van der Waals surface area contributed by atoms with Gasteiger partial charge in [0.05, 0.1) is 16.6 Å². The molecule has 1 aromatic rings. The van der Waals surface area contributed by atoms with Crippen molar-refractivity contribution in [3.63, 3.8) is 0 Å². The van der Waals surface area contributed by atoms with Crippen molar-refractivity contribution >= 4 is 14.0 Å². The maximum Gasteiger partial charge on any atom is 0.293 e. The molecule has 0 radical (unpaired) electrons. The molecule has 0 aromatic carbocycles. The molecule has 5 unspecified atom stereocenters. The molecule has 9 heteroatoms. The maximum atomic E-state index is 15.6. The highest BCUT2D eigenvalue weighted by atomic mass is 28.4. The van der Waals surface area contributed by atoms with E-state index in [1.807, 2.05) is 33.9 Å². The third-order valence-electron chi connectivity index (χ3n) is 5.89. The summed E-state index contributed by atoms with van der Waals surface area (Å²) in [6.45, 7) is 13.1. The Morgan fingerprint density at radius 3 is 2.56 bits per heavy atom. The van der Waals surface area contributed by atoms with Crippen molar-refractivity contribution in [3.05, 3.63) is 34.1 Å². The fourth-order valence-corrected chi connectivity index (χ4v) is 4.22. The summed E-state index contributed by atoms with van der Waals surface area (Å²) in [6, 6.07) is 1.38. The molecule has 1 fully saturated rings. The van der Waals surface area contributed by atoms with E-state index in [0.717, 1.165) is 6.20 Å². The topological polar surface area (TPSA) is 94.7 Å². The number of ether oxygens (including phenoxy) is 1. The number of rotatable bonds is 4. The van der Waals surface area contributed by atoms with Gasteiger partial charge in [0.1, 0.15) is 24.0 Å². The van der Waals surface area contributed by atoms with Gasteiger partial charge < -0.3 is 14.3 Å². The van der Waals surface area contributed by atoms with Gasteiger partial charge in [0.15, 0.2) is 14.5 Å². The maximum absolute atomic E-state index is 15.6. The first-order chi connectivity index (χ1) is 12.2. The molecule has 1 aliphatic rings. The van der Waals surface area contributed by atoms with Crippen LogP contribution in [0.25, 0.3) is 0 Å². The zero-order chi connectivity index (χ0) is 20.8. The van der Waals surface area contributed by atoms with Crippen molar-refractivity contribution in [3.8, 4) is 0 Å². The number of nitro groups is 1. The van der Waals surface area contributed by atoms with E-state index >= 15 is 4.39 Å². The van der Waals surface area contributed by atoms with Gasteiger partial charge in [-0.1, -0.05) is 20.8 Å². The first kappa shape index (κ1) is 21.9. The van der Waals surface area contributed by atoms with Gasteiger partial charge in [-0.05, 0) is 38.0 Å². The molecule has 7 nitrogen and oxygen atoms in total. The molecule has 0 amide bonds. The number of pyridine rings is 1. The molecule has 152 valence electrons. The predicted octanol–water partition coefficient (Wildman–Crippen LogP) is 3.93. The first-order valence-corrected chi connectivity index (χ1v) is 11.9. The molecule has 2 heterocycles. The Kier molecular flexibility index (Phi) is 5.83. The van der Waals surface area contributed by atoms with Crippen molar-refractivity contribution in [1.29, 1.82) is 0 Å². The standard InChI is InChI=1S/C18H29FN2O5Si/c1-11-18(5,22)16(26-27(6,7)17(2,3)4)14(19)15(25-11)12-8-9-20-10-13(12)21(23)24/h8-11,14-16,22H,1-7H3. The Hall–Kier alpha value is -1.42. The van der Waals surface area contributed by atoms with E-state index in [2.05, 4.69) is 4.98 Å². The number of aliphatic hydroxyl groups is 1. The number of hydrogen-bond donors (Lipinski definition) is 1. The number of nitrogens with zero attached hydrogens (tertiary/aromatic N) is 2. The molecular formula is C18H29FN2O5Si. The van der Waals surface area contributed by atoms with E-state index < -0.39 is 43.3 Å². The average molecular weight is 401 g/mol. The lowest BCUT2D eigenvalue weighted by atomic mass is 9.83. The van der Waals surface area contributed by atoms with E-state index in [1.165, 1.54) is 19.2 Å². The quantitative estimate of drug-likeness (QED) is 0.467. The van der Waals surface area contributed by atoms with Crippen LogP contribution < -0.4 is 0 Å². The van der Waals surface area contributed by atoms with Gasteiger partial charge in [-0.2, -0.15) is 0 Å². The van der Waals surface area contributed by atoms with Crippen LogP contribution in [0.3, 0.4) is 0 Å². The van der Waals surface area contributed by atoms with Crippen LogP contribution >= 0.6 is 0 Å². The molecule has 2 rings (SSSR count). The van der Waals surface area contributed by atoms with Crippen molar-refractivity contribution in [2.24, 2.45) is 0 Å². The van der Waals surface area contributed by atoms with Crippen LogP contribution in [0.4, 0.5) is 10.1 Å². The molecule has 0 saturated carbocycles. The Morgan fingerprint density at radius 2 is 2.04 bits per heavy atom. The SMILES string of the molecule is CC1OC(c2ccncc2[N+](=O)[O-])C(F)C(O[Si](C)(C)C(C)(C)C)C1(C)O. The van der Waals surface area contributed by atoms with E-state index in [9.17, 15) is 15.2 Å². The van der Waals surface area contributed by atoms with Crippen molar-refractivity contribution in [2.45, 2.75) is 82.8 Å². The second-order valence-electron chi connectivity index (χ2n) is 8.86. The van der Waals surface area contributed by atoms with Gasteiger partial charge in [0, 0.05) is 6.20 Å². The predicted molar refractivity (Wildman–Crippen MR) is 102 cm³/mol. The third kappa shape index (κ3) is 4.06. The van der Waals surface area contributed by atoms with Gasteiger partial charge in [-0.3, -0.25) is 15.1 Å². The highest BCUT2D eigenvalue weighted by molar-refractivity contribution is 6.74. The highest BCUT2D eigenvalue weighted by Gasteiger charge is 2.56. The number of halogens is 1. The second-order valence-corrected chi connectivity index (χ2v) is 13.6. The lowest BCUT2D eigenvalue weighted by molar-refractivity contribution is -0.387. The van der Waals surface area contributed by atoms with Gasteiger partial charge in [0.2, 0.25) is 0 Å². The molecule has 0 aliphatic carbocycles. The van der Waals surface area contributed by atoms with Crippen LogP contribution in [0.2, 0.25) is 18.1 Å². The van der Waals surface area contributed by atoms with Gasteiger partial charge >= 0.3 is 0 Å². The normalized spacial score (nSPS) is 32.3. The number of alkyl halides is 1. The summed E-state index contributed by atoms with van der Waals surface area (Å²) < 4.78 is 27.5. The van der Waals surface area contributed by atoms with Gasteiger partial charge in [0.25, 0.3) is 5.69 Å². The summed E-state index contributed by atoms with van der Waals surface area (Å²) >= 11 is 0. The highest BCUT2D eigenvalue weighted by Crippen LogP contribution is 2.46. The van der Waals surface area contributed by atoms with Crippen LogP contribution in [0, 0.1) is 10.1 Å². The zero-order valence-electron chi connectivity index (χ0n) is 16.9. The van der Waals surface area contributed by atoms with Crippen LogP contribution in [0.15, 0.2) is 18.5 Å². The second kappa shape index (κ2) is 7.19. The molecule has 0 spiro atoms. The van der Waals surface area contributed by atoms with Gasteiger partial charge in [-0.15, -0.1) is 0 Å². The van der Waals surface area contributed by atoms with Crippen LogP contribution in [-0.4, -0.2) is 47.3 Å². The van der Waals surface area contributed by atoms with Crippen LogP contribution in [0.1, 0.15) is 46.3 Å².